The number of sulfonamides is 1. The van der Waals surface area contributed by atoms with Crippen LogP contribution in [-0.2, 0) is 10.0 Å². The van der Waals surface area contributed by atoms with E-state index in [2.05, 4.69) is 0 Å². The fourth-order valence-corrected chi connectivity index (χ4v) is 2.10. The summed E-state index contributed by atoms with van der Waals surface area (Å²) >= 11 is 0. The van der Waals surface area contributed by atoms with Crippen molar-refractivity contribution in [1.29, 1.82) is 0 Å². The number of nitrogens with zero attached hydrogens (tertiary/aromatic N) is 1. The van der Waals surface area contributed by atoms with E-state index in [1.165, 1.54) is 0 Å². The monoisotopic (exact) mass is 264 g/mol. The van der Waals surface area contributed by atoms with Crippen molar-refractivity contribution in [3.05, 3.63) is 34.1 Å². The number of rotatable bonds is 5. The van der Waals surface area contributed by atoms with E-state index in [0.717, 1.165) is 12.1 Å². The second-order valence-electron chi connectivity index (χ2n) is 2.99. The molecule has 94 valence electrons. The molecule has 0 fully saturated rings. The molecule has 2 N–H and O–H groups in total. The molecule has 0 saturated heterocycles. The number of halogens is 1. The summed E-state index contributed by atoms with van der Waals surface area (Å²) in [5, 5.41) is 18.8. The van der Waals surface area contributed by atoms with Crippen LogP contribution in [0.3, 0.4) is 0 Å². The second-order valence-corrected chi connectivity index (χ2v) is 4.76. The van der Waals surface area contributed by atoms with Crippen molar-refractivity contribution >= 4 is 15.7 Å². The van der Waals surface area contributed by atoms with E-state index in [4.69, 9.17) is 5.11 Å². The highest BCUT2D eigenvalue weighted by Crippen LogP contribution is 2.20. The minimum absolute atomic E-state index is 0.221. The predicted octanol–water partition coefficient (Wildman–Crippen LogP) is 0.00450. The maximum absolute atomic E-state index is 13.2. The van der Waals surface area contributed by atoms with Gasteiger partial charge < -0.3 is 5.11 Å². The lowest BCUT2D eigenvalue weighted by Gasteiger charge is -2.05. The molecular weight excluding hydrogens is 255 g/mol. The van der Waals surface area contributed by atoms with Crippen LogP contribution in [0.4, 0.5) is 10.1 Å². The molecule has 1 aromatic rings. The molecule has 0 radical (unpaired) electrons. The fraction of sp³-hybridized carbons (Fsp3) is 0.250. The van der Waals surface area contributed by atoms with Crippen molar-refractivity contribution in [2.75, 3.05) is 13.2 Å². The topological polar surface area (TPSA) is 110 Å². The summed E-state index contributed by atoms with van der Waals surface area (Å²) in [5.74, 6) is -1.23. The molecule has 0 atom stereocenters. The molecule has 0 aliphatic carbocycles. The van der Waals surface area contributed by atoms with Gasteiger partial charge in [-0.25, -0.2) is 13.1 Å². The number of aliphatic hydroxyl groups is 1. The molecule has 0 unspecified atom stereocenters. The maximum Gasteiger partial charge on any atom is 0.304 e. The fourth-order valence-electron chi connectivity index (χ4n) is 1.07. The molecule has 9 heteroatoms. The number of nitro benzene ring substituents is 1. The van der Waals surface area contributed by atoms with Crippen molar-refractivity contribution in [3.63, 3.8) is 0 Å². The van der Waals surface area contributed by atoms with Crippen LogP contribution in [0, 0.1) is 15.9 Å². The average Bonchev–Trinajstić information content (AvgIpc) is 2.25. The van der Waals surface area contributed by atoms with E-state index >= 15 is 0 Å². The van der Waals surface area contributed by atoms with Gasteiger partial charge in [-0.3, -0.25) is 10.1 Å². The Bertz CT molecular complexity index is 531. The van der Waals surface area contributed by atoms with E-state index in [1.807, 2.05) is 4.72 Å². The third-order valence-corrected chi connectivity index (χ3v) is 3.29. The van der Waals surface area contributed by atoms with Crippen LogP contribution in [0.15, 0.2) is 23.1 Å². The van der Waals surface area contributed by atoms with Gasteiger partial charge >= 0.3 is 5.69 Å². The van der Waals surface area contributed by atoms with Crippen molar-refractivity contribution in [2.45, 2.75) is 4.90 Å². The highest BCUT2D eigenvalue weighted by atomic mass is 32.2. The Labute approximate surface area is 96.1 Å². The van der Waals surface area contributed by atoms with Crippen molar-refractivity contribution in [3.8, 4) is 0 Å². The molecule has 1 rings (SSSR count). The van der Waals surface area contributed by atoms with Crippen molar-refractivity contribution < 1.29 is 22.8 Å². The molecule has 1 aromatic carbocycles. The number of nitrogens with one attached hydrogen (secondary N) is 1. The Kier molecular flexibility index (Phi) is 4.10. The molecule has 0 aromatic heterocycles. The smallest absolute Gasteiger partial charge is 0.304 e. The standard InChI is InChI=1S/C8H9FN2O5S/c9-7-5-6(1-2-8(7)11(13)14)17(15,16)10-3-4-12/h1-2,5,10,12H,3-4H2. The lowest BCUT2D eigenvalue weighted by atomic mass is 10.3. The van der Waals surface area contributed by atoms with Gasteiger partial charge in [-0.05, 0) is 6.07 Å². The minimum Gasteiger partial charge on any atom is -0.395 e. The summed E-state index contributed by atoms with van der Waals surface area (Å²) in [4.78, 5) is 8.93. The first-order valence-electron chi connectivity index (χ1n) is 4.43. The van der Waals surface area contributed by atoms with Gasteiger partial charge in [0.05, 0.1) is 16.4 Å². The molecule has 0 aliphatic rings. The SMILES string of the molecule is O=[N+]([O-])c1ccc(S(=O)(=O)NCCO)cc1F. The Morgan fingerprint density at radius 1 is 1.47 bits per heavy atom. The van der Waals surface area contributed by atoms with Crippen LogP contribution >= 0.6 is 0 Å². The van der Waals surface area contributed by atoms with E-state index < -0.39 is 38.0 Å². The third kappa shape index (κ3) is 3.19. The molecule has 0 amide bonds. The van der Waals surface area contributed by atoms with Gasteiger partial charge in [0, 0.05) is 18.7 Å². The molecule has 0 bridgehead atoms. The predicted molar refractivity (Wildman–Crippen MR) is 55.3 cm³/mol. The zero-order valence-corrected chi connectivity index (χ0v) is 9.28. The lowest BCUT2D eigenvalue weighted by molar-refractivity contribution is -0.387. The number of nitro groups is 1. The van der Waals surface area contributed by atoms with E-state index in [-0.39, 0.29) is 6.54 Å². The highest BCUT2D eigenvalue weighted by Gasteiger charge is 2.19. The molecule has 0 saturated carbocycles. The van der Waals surface area contributed by atoms with Crippen LogP contribution in [-0.4, -0.2) is 31.6 Å². The summed E-state index contributed by atoms with van der Waals surface area (Å²) in [6.07, 6.45) is 0. The zero-order chi connectivity index (χ0) is 13.1. The van der Waals surface area contributed by atoms with Crippen LogP contribution in [0.1, 0.15) is 0 Å². The minimum atomic E-state index is -3.96. The van der Waals surface area contributed by atoms with Gasteiger partial charge in [0.15, 0.2) is 0 Å². The van der Waals surface area contributed by atoms with Crippen LogP contribution < -0.4 is 4.72 Å². The molecule has 0 aliphatic heterocycles. The van der Waals surface area contributed by atoms with Crippen LogP contribution in [0.2, 0.25) is 0 Å². The van der Waals surface area contributed by atoms with Crippen LogP contribution in [0.5, 0.6) is 0 Å². The normalized spacial score (nSPS) is 11.4. The molecule has 17 heavy (non-hydrogen) atoms. The molecule has 0 heterocycles. The van der Waals surface area contributed by atoms with E-state index in [1.54, 1.807) is 0 Å². The van der Waals surface area contributed by atoms with Crippen molar-refractivity contribution in [1.82, 2.24) is 4.72 Å². The van der Waals surface area contributed by atoms with Crippen LogP contribution in [0.25, 0.3) is 0 Å². The van der Waals surface area contributed by atoms with Gasteiger partial charge in [-0.2, -0.15) is 4.39 Å². The van der Waals surface area contributed by atoms with Gasteiger partial charge in [-0.15, -0.1) is 0 Å². The van der Waals surface area contributed by atoms with Gasteiger partial charge in [0.1, 0.15) is 0 Å². The summed E-state index contributed by atoms with van der Waals surface area (Å²) in [5.41, 5.74) is -0.800. The number of hydrogen-bond donors (Lipinski definition) is 2. The first-order valence-corrected chi connectivity index (χ1v) is 5.91. The first-order chi connectivity index (χ1) is 7.88. The molecule has 0 spiro atoms. The quantitative estimate of drug-likeness (QED) is 0.574. The molecular formula is C8H9FN2O5S. The van der Waals surface area contributed by atoms with Gasteiger partial charge in [0.2, 0.25) is 15.8 Å². The number of aliphatic hydroxyl groups excluding tert-OH is 1. The Hall–Kier alpha value is -1.58. The molecule has 7 nitrogen and oxygen atoms in total. The summed E-state index contributed by atoms with van der Waals surface area (Å²) in [7, 11) is -3.96. The van der Waals surface area contributed by atoms with Gasteiger partial charge in [0.25, 0.3) is 0 Å². The first kappa shape index (κ1) is 13.5. The van der Waals surface area contributed by atoms with Gasteiger partial charge in [-0.1, -0.05) is 0 Å². The van der Waals surface area contributed by atoms with E-state index in [0.29, 0.717) is 6.07 Å². The summed E-state index contributed by atoms with van der Waals surface area (Å²) in [6.45, 7) is -0.629. The van der Waals surface area contributed by atoms with Crippen molar-refractivity contribution in [2.24, 2.45) is 0 Å². The zero-order valence-electron chi connectivity index (χ0n) is 8.46. The van der Waals surface area contributed by atoms with E-state index in [9.17, 15) is 22.9 Å². The second kappa shape index (κ2) is 5.17. The maximum atomic E-state index is 13.2. The highest BCUT2D eigenvalue weighted by molar-refractivity contribution is 7.89. The summed E-state index contributed by atoms with van der Waals surface area (Å²) < 4.78 is 38.1. The Morgan fingerprint density at radius 2 is 2.12 bits per heavy atom. The lowest BCUT2D eigenvalue weighted by Crippen LogP contribution is -2.26. The Balaban J connectivity index is 3.09. The number of benzene rings is 1. The Morgan fingerprint density at radius 3 is 2.59 bits per heavy atom. The average molecular weight is 264 g/mol. The summed E-state index contributed by atoms with van der Waals surface area (Å²) in [6, 6.07) is 2.24. The third-order valence-electron chi connectivity index (χ3n) is 1.83. The largest absolute Gasteiger partial charge is 0.395 e. The number of hydrogen-bond acceptors (Lipinski definition) is 5.